The van der Waals surface area contributed by atoms with Crippen LogP contribution >= 0.6 is 0 Å². The van der Waals surface area contributed by atoms with E-state index in [0.717, 1.165) is 35.6 Å². The molecule has 36 heavy (non-hydrogen) atoms. The lowest BCUT2D eigenvalue weighted by Crippen LogP contribution is -2.51. The Kier molecular flexibility index (Phi) is 4.54. The fourth-order valence-corrected chi connectivity index (χ4v) is 6.16. The van der Waals surface area contributed by atoms with Crippen LogP contribution in [0.25, 0.3) is 0 Å². The number of aryl methyl sites for hydroxylation is 2. The van der Waals surface area contributed by atoms with Crippen LogP contribution in [0.4, 0.5) is 23.1 Å². The van der Waals surface area contributed by atoms with Gasteiger partial charge in [-0.15, -0.1) is 0 Å². The van der Waals surface area contributed by atoms with Crippen LogP contribution in [0.1, 0.15) is 45.5 Å². The van der Waals surface area contributed by atoms with E-state index in [2.05, 4.69) is 40.4 Å². The highest BCUT2D eigenvalue weighted by atomic mass is 16.2. The normalized spacial score (nSPS) is 19.6. The van der Waals surface area contributed by atoms with Crippen molar-refractivity contribution in [2.75, 3.05) is 41.8 Å². The minimum Gasteiger partial charge on any atom is -0.324 e. The molecule has 3 aliphatic heterocycles. The van der Waals surface area contributed by atoms with Crippen molar-refractivity contribution in [3.63, 3.8) is 0 Å². The summed E-state index contributed by atoms with van der Waals surface area (Å²) < 4.78 is 0. The summed E-state index contributed by atoms with van der Waals surface area (Å²) in [6, 6.07) is 12.7. The molecule has 182 valence electrons. The summed E-state index contributed by atoms with van der Waals surface area (Å²) >= 11 is 0. The number of nitrogens with one attached hydrogen (secondary N) is 1. The molecule has 1 saturated carbocycles. The average molecular weight is 480 g/mol. The summed E-state index contributed by atoms with van der Waals surface area (Å²) in [6.07, 6.45) is 4.20. The standard InChI is InChI=1S/C28H29N7O/c1-17-5-4-6-18(2)23(17)35-25(36)21-14-30-26(32-24(21)34-12-11-29-27(34)35)31-20-7-8-22-19(13-20)15-33(3)16-28(22)9-10-28/h4-8,13-14H,9-12,15-16H2,1-3H3,(H,30,31,32). The lowest BCUT2D eigenvalue weighted by molar-refractivity contribution is 0.0999. The molecule has 0 radical (unpaired) electrons. The number of carbonyl (C=O) groups is 1. The Balaban J connectivity index is 1.23. The van der Waals surface area contributed by atoms with Crippen LogP contribution in [0.5, 0.6) is 0 Å². The summed E-state index contributed by atoms with van der Waals surface area (Å²) in [4.78, 5) is 33.9. The first-order valence-corrected chi connectivity index (χ1v) is 12.6. The quantitative estimate of drug-likeness (QED) is 0.608. The van der Waals surface area contributed by atoms with Gasteiger partial charge in [-0.1, -0.05) is 24.3 Å². The van der Waals surface area contributed by atoms with Crippen LogP contribution in [0, 0.1) is 13.8 Å². The second-order valence-corrected chi connectivity index (χ2v) is 10.6. The molecule has 0 bridgehead atoms. The van der Waals surface area contributed by atoms with Gasteiger partial charge in [0, 0.05) is 36.9 Å². The van der Waals surface area contributed by atoms with Gasteiger partial charge in [0.25, 0.3) is 5.91 Å². The number of aliphatic imine (C=N–C) groups is 1. The Hall–Kier alpha value is -3.78. The summed E-state index contributed by atoms with van der Waals surface area (Å²) in [6.45, 7) is 7.45. The van der Waals surface area contributed by atoms with E-state index in [0.29, 0.717) is 41.8 Å². The molecule has 2 aromatic carbocycles. The van der Waals surface area contributed by atoms with E-state index in [9.17, 15) is 4.79 Å². The van der Waals surface area contributed by atoms with E-state index < -0.39 is 0 Å². The average Bonchev–Trinajstić information content (AvgIpc) is 3.42. The van der Waals surface area contributed by atoms with Crippen LogP contribution in [-0.2, 0) is 12.0 Å². The highest BCUT2D eigenvalue weighted by Gasteiger charge is 2.48. The number of fused-ring (bicyclic) bond motifs is 5. The van der Waals surface area contributed by atoms with Gasteiger partial charge in [-0.3, -0.25) is 14.7 Å². The lowest BCUT2D eigenvalue weighted by atomic mass is 9.87. The summed E-state index contributed by atoms with van der Waals surface area (Å²) in [5, 5.41) is 3.39. The van der Waals surface area contributed by atoms with E-state index in [1.54, 1.807) is 11.1 Å². The molecule has 3 aromatic rings. The van der Waals surface area contributed by atoms with Crippen molar-refractivity contribution >= 4 is 35.0 Å². The maximum Gasteiger partial charge on any atom is 0.270 e. The van der Waals surface area contributed by atoms with Crippen LogP contribution in [-0.4, -0.2) is 53.4 Å². The first kappa shape index (κ1) is 21.5. The fourth-order valence-electron chi connectivity index (χ4n) is 6.16. The number of anilines is 4. The van der Waals surface area contributed by atoms with Gasteiger partial charge in [0.1, 0.15) is 5.56 Å². The Labute approximate surface area is 210 Å². The topological polar surface area (TPSA) is 77.0 Å². The smallest absolute Gasteiger partial charge is 0.270 e. The monoisotopic (exact) mass is 479 g/mol. The molecule has 1 fully saturated rings. The van der Waals surface area contributed by atoms with Crippen LogP contribution < -0.4 is 15.1 Å². The summed E-state index contributed by atoms with van der Waals surface area (Å²) in [7, 11) is 2.20. The predicted octanol–water partition coefficient (Wildman–Crippen LogP) is 4.15. The third-order valence-corrected chi connectivity index (χ3v) is 7.94. The Morgan fingerprint density at radius 2 is 1.89 bits per heavy atom. The molecule has 0 unspecified atom stereocenters. The maximum absolute atomic E-state index is 13.7. The molecule has 0 atom stereocenters. The summed E-state index contributed by atoms with van der Waals surface area (Å²) in [5.41, 5.74) is 7.63. The van der Waals surface area contributed by atoms with Gasteiger partial charge in [-0.2, -0.15) is 4.98 Å². The van der Waals surface area contributed by atoms with Crippen molar-refractivity contribution < 1.29 is 4.79 Å². The van der Waals surface area contributed by atoms with Gasteiger partial charge in [0.15, 0.2) is 5.82 Å². The van der Waals surface area contributed by atoms with E-state index in [1.807, 2.05) is 36.9 Å². The first-order valence-electron chi connectivity index (χ1n) is 12.6. The summed E-state index contributed by atoms with van der Waals surface area (Å²) in [5.74, 6) is 1.60. The number of guanidine groups is 1. The zero-order valence-electron chi connectivity index (χ0n) is 20.9. The van der Waals surface area contributed by atoms with Gasteiger partial charge >= 0.3 is 0 Å². The van der Waals surface area contributed by atoms with Crippen molar-refractivity contribution in [2.24, 2.45) is 4.99 Å². The second kappa shape index (κ2) is 7.61. The van der Waals surface area contributed by atoms with Gasteiger partial charge in [-0.05, 0) is 68.1 Å². The SMILES string of the molecule is Cc1cccc(C)c1N1C(=O)c2cnc(Nc3ccc4c(c3)CN(C)CC43CC3)nc2N2CCN=C21. The zero-order chi connectivity index (χ0) is 24.6. The number of nitrogens with zero attached hydrogens (tertiary/aromatic N) is 6. The fraction of sp³-hybridized carbons (Fsp3) is 0.357. The molecule has 1 aromatic heterocycles. The molecule has 0 saturated heterocycles. The van der Waals surface area contributed by atoms with Crippen molar-refractivity contribution in [2.45, 2.75) is 38.6 Å². The molecule has 1 amide bonds. The van der Waals surface area contributed by atoms with Gasteiger partial charge in [0.05, 0.1) is 12.2 Å². The van der Waals surface area contributed by atoms with E-state index >= 15 is 0 Å². The minimum atomic E-state index is -0.141. The lowest BCUT2D eigenvalue weighted by Gasteiger charge is -2.36. The maximum atomic E-state index is 13.7. The minimum absolute atomic E-state index is 0.141. The zero-order valence-corrected chi connectivity index (χ0v) is 20.9. The second-order valence-electron chi connectivity index (χ2n) is 10.6. The van der Waals surface area contributed by atoms with Gasteiger partial charge < -0.3 is 10.2 Å². The van der Waals surface area contributed by atoms with Crippen LogP contribution in [0.2, 0.25) is 0 Å². The number of aromatic nitrogens is 2. The largest absolute Gasteiger partial charge is 0.324 e. The van der Waals surface area contributed by atoms with Crippen LogP contribution in [0.3, 0.4) is 0 Å². The van der Waals surface area contributed by atoms with Crippen molar-refractivity contribution in [3.05, 3.63) is 70.4 Å². The first-order chi connectivity index (χ1) is 17.4. The number of carbonyl (C=O) groups excluding carboxylic acids is 1. The molecule has 1 N–H and O–H groups in total. The van der Waals surface area contributed by atoms with E-state index in [4.69, 9.17) is 9.98 Å². The molecule has 7 rings (SSSR count). The van der Waals surface area contributed by atoms with E-state index in [1.165, 1.54) is 24.0 Å². The van der Waals surface area contributed by atoms with Crippen molar-refractivity contribution in [1.82, 2.24) is 14.9 Å². The molecule has 8 heteroatoms. The van der Waals surface area contributed by atoms with Crippen molar-refractivity contribution in [3.8, 4) is 0 Å². The number of amides is 1. The van der Waals surface area contributed by atoms with Crippen LogP contribution in [0.15, 0.2) is 47.6 Å². The highest BCUT2D eigenvalue weighted by molar-refractivity contribution is 6.32. The third kappa shape index (κ3) is 3.17. The number of hydrogen-bond acceptors (Lipinski definition) is 7. The van der Waals surface area contributed by atoms with Gasteiger partial charge in [-0.25, -0.2) is 9.88 Å². The van der Waals surface area contributed by atoms with Crippen molar-refractivity contribution in [1.29, 1.82) is 0 Å². The molecule has 8 nitrogen and oxygen atoms in total. The number of para-hydroxylation sites is 1. The van der Waals surface area contributed by atoms with E-state index in [-0.39, 0.29) is 5.91 Å². The molecule has 4 aliphatic rings. The number of rotatable bonds is 3. The number of likely N-dealkylation sites (N-methyl/N-ethyl adjacent to an activating group) is 1. The Morgan fingerprint density at radius 3 is 2.67 bits per heavy atom. The third-order valence-electron chi connectivity index (χ3n) is 7.94. The highest BCUT2D eigenvalue weighted by Crippen LogP contribution is 2.52. The number of benzene rings is 2. The molecular formula is C28H29N7O. The molecule has 1 spiro atoms. The van der Waals surface area contributed by atoms with Gasteiger partial charge in [0.2, 0.25) is 11.9 Å². The molecular weight excluding hydrogens is 450 g/mol. The number of hydrogen-bond donors (Lipinski definition) is 1. The Morgan fingerprint density at radius 1 is 1.08 bits per heavy atom. The predicted molar refractivity (Wildman–Crippen MR) is 141 cm³/mol. The molecule has 1 aliphatic carbocycles. The molecule has 4 heterocycles. The Bertz CT molecular complexity index is 1440.